The zero-order valence-electron chi connectivity index (χ0n) is 9.91. The Morgan fingerprint density at radius 2 is 2.32 bits per heavy atom. The van der Waals surface area contributed by atoms with E-state index in [0.29, 0.717) is 6.54 Å². The first-order valence-electron chi connectivity index (χ1n) is 5.35. The van der Waals surface area contributed by atoms with Crippen LogP contribution >= 0.6 is 27.3 Å². The van der Waals surface area contributed by atoms with Crippen molar-refractivity contribution in [1.82, 2.24) is 4.98 Å². The van der Waals surface area contributed by atoms with Gasteiger partial charge in [-0.3, -0.25) is 0 Å². The van der Waals surface area contributed by atoms with Crippen molar-refractivity contribution in [3.8, 4) is 0 Å². The number of aromatic carboxylic acids is 1. The summed E-state index contributed by atoms with van der Waals surface area (Å²) in [6, 6.07) is 2.76. The fraction of sp³-hybridized carbons (Fsp3) is 0.167. The van der Waals surface area contributed by atoms with Gasteiger partial charge in [0, 0.05) is 11.1 Å². The predicted octanol–water partition coefficient (Wildman–Crippen LogP) is 3.66. The van der Waals surface area contributed by atoms with Gasteiger partial charge in [0.2, 0.25) is 0 Å². The molecule has 19 heavy (non-hydrogen) atoms. The smallest absolute Gasteiger partial charge is 0.336 e. The fourth-order valence-corrected chi connectivity index (χ4v) is 2.73. The average molecular weight is 345 g/mol. The monoisotopic (exact) mass is 344 g/mol. The van der Waals surface area contributed by atoms with Crippen molar-refractivity contribution in [1.29, 1.82) is 0 Å². The number of carbonyl (C=O) groups is 1. The third kappa shape index (κ3) is 3.10. The van der Waals surface area contributed by atoms with Crippen molar-refractivity contribution >= 4 is 38.9 Å². The molecule has 0 fully saturated rings. The number of benzene rings is 1. The third-order valence-electron chi connectivity index (χ3n) is 2.41. The predicted molar refractivity (Wildman–Crippen MR) is 75.2 cm³/mol. The van der Waals surface area contributed by atoms with Gasteiger partial charge in [-0.1, -0.05) is 0 Å². The van der Waals surface area contributed by atoms with Crippen LogP contribution in [0.25, 0.3) is 0 Å². The number of aromatic nitrogens is 1. The highest BCUT2D eigenvalue weighted by molar-refractivity contribution is 9.10. The van der Waals surface area contributed by atoms with Gasteiger partial charge in [-0.15, -0.1) is 11.3 Å². The number of nitrogens with one attached hydrogen (secondary N) is 1. The summed E-state index contributed by atoms with van der Waals surface area (Å²) in [6.07, 6.45) is 0. The van der Waals surface area contributed by atoms with Crippen LogP contribution in [0.1, 0.15) is 21.1 Å². The van der Waals surface area contributed by atoms with E-state index in [1.165, 1.54) is 23.5 Å². The molecular weight excluding hydrogens is 335 g/mol. The van der Waals surface area contributed by atoms with E-state index in [2.05, 4.69) is 26.2 Å². The number of nitrogens with zero attached hydrogens (tertiary/aromatic N) is 1. The Hall–Kier alpha value is -1.47. The van der Waals surface area contributed by atoms with Crippen LogP contribution in [0, 0.1) is 12.7 Å². The minimum absolute atomic E-state index is 0.0553. The number of anilines is 1. The first-order chi connectivity index (χ1) is 8.99. The summed E-state index contributed by atoms with van der Waals surface area (Å²) in [5.41, 5.74) is 1.06. The molecule has 1 heterocycles. The molecule has 0 bridgehead atoms. The number of carboxylic acids is 1. The summed E-state index contributed by atoms with van der Waals surface area (Å²) in [7, 11) is 0. The fourth-order valence-electron chi connectivity index (χ4n) is 1.51. The summed E-state index contributed by atoms with van der Waals surface area (Å²) in [5.74, 6) is -1.79. The van der Waals surface area contributed by atoms with Gasteiger partial charge >= 0.3 is 5.97 Å². The van der Waals surface area contributed by atoms with E-state index in [9.17, 15) is 9.18 Å². The van der Waals surface area contributed by atoms with Crippen LogP contribution in [-0.4, -0.2) is 16.1 Å². The molecule has 0 saturated carbocycles. The molecule has 0 atom stereocenters. The van der Waals surface area contributed by atoms with E-state index < -0.39 is 11.8 Å². The van der Waals surface area contributed by atoms with Crippen LogP contribution in [-0.2, 0) is 6.54 Å². The quantitative estimate of drug-likeness (QED) is 0.888. The summed E-state index contributed by atoms with van der Waals surface area (Å²) < 4.78 is 13.9. The molecule has 7 heteroatoms. The normalized spacial score (nSPS) is 10.5. The zero-order chi connectivity index (χ0) is 14.0. The number of aryl methyl sites for hydroxylation is 1. The number of halogens is 2. The number of hydrogen-bond donors (Lipinski definition) is 2. The highest BCUT2D eigenvalue weighted by atomic mass is 79.9. The molecule has 2 aromatic rings. The minimum atomic E-state index is -1.17. The Kier molecular flexibility index (Phi) is 4.16. The molecule has 2 rings (SSSR count). The molecule has 0 aliphatic carbocycles. The van der Waals surface area contributed by atoms with Gasteiger partial charge in [-0.05, 0) is 35.0 Å². The van der Waals surface area contributed by atoms with Crippen molar-refractivity contribution in [2.45, 2.75) is 13.5 Å². The second kappa shape index (κ2) is 5.66. The van der Waals surface area contributed by atoms with Crippen molar-refractivity contribution in [3.05, 3.63) is 44.1 Å². The summed E-state index contributed by atoms with van der Waals surface area (Å²) in [5, 5.41) is 14.5. The molecule has 2 N–H and O–H groups in total. The van der Waals surface area contributed by atoms with Crippen LogP contribution in [0.4, 0.5) is 10.1 Å². The molecule has 0 spiro atoms. The Bertz CT molecular complexity index is 630. The van der Waals surface area contributed by atoms with E-state index >= 15 is 0 Å². The molecule has 1 aromatic carbocycles. The number of hydrogen-bond acceptors (Lipinski definition) is 4. The van der Waals surface area contributed by atoms with E-state index in [0.717, 1.165) is 10.7 Å². The molecule has 0 aliphatic heterocycles. The molecule has 0 unspecified atom stereocenters. The second-order valence-electron chi connectivity index (χ2n) is 3.83. The molecule has 0 amide bonds. The third-order valence-corrected chi connectivity index (χ3v) is 4.15. The van der Waals surface area contributed by atoms with Crippen molar-refractivity contribution in [2.75, 3.05) is 5.32 Å². The highest BCUT2D eigenvalue weighted by Crippen LogP contribution is 2.27. The van der Waals surface area contributed by atoms with Gasteiger partial charge in [0.15, 0.2) is 5.82 Å². The van der Waals surface area contributed by atoms with Gasteiger partial charge in [-0.2, -0.15) is 0 Å². The van der Waals surface area contributed by atoms with Gasteiger partial charge in [0.05, 0.1) is 22.3 Å². The zero-order valence-corrected chi connectivity index (χ0v) is 12.3. The maximum atomic E-state index is 13.9. The topological polar surface area (TPSA) is 62.2 Å². The van der Waals surface area contributed by atoms with Crippen molar-refractivity contribution in [3.63, 3.8) is 0 Å². The van der Waals surface area contributed by atoms with E-state index in [1.54, 1.807) is 0 Å². The lowest BCUT2D eigenvalue weighted by molar-refractivity contribution is 0.0695. The van der Waals surface area contributed by atoms with E-state index in [1.807, 2.05) is 12.3 Å². The highest BCUT2D eigenvalue weighted by Gasteiger charge is 2.15. The van der Waals surface area contributed by atoms with Crippen LogP contribution in [0.5, 0.6) is 0 Å². The molecule has 4 nitrogen and oxygen atoms in total. The van der Waals surface area contributed by atoms with Crippen LogP contribution in [0.3, 0.4) is 0 Å². The summed E-state index contributed by atoms with van der Waals surface area (Å²) in [6.45, 7) is 2.28. The molecule has 1 aromatic heterocycles. The standard InChI is InChI=1S/C12H10BrFN2O2S/c1-6-5-19-9(16-6)4-15-8-3-2-7(12(17)18)10(13)11(8)14/h2-3,5,15H,4H2,1H3,(H,17,18). The van der Waals surface area contributed by atoms with Gasteiger partial charge < -0.3 is 10.4 Å². The Balaban J connectivity index is 2.17. The van der Waals surface area contributed by atoms with Crippen LogP contribution in [0.15, 0.2) is 22.0 Å². The minimum Gasteiger partial charge on any atom is -0.478 e. The SMILES string of the molecule is Cc1csc(CNc2ccc(C(=O)O)c(Br)c2F)n1. The maximum Gasteiger partial charge on any atom is 0.336 e. The molecule has 0 aliphatic rings. The average Bonchev–Trinajstić information content (AvgIpc) is 2.76. The first kappa shape index (κ1) is 14.0. The van der Waals surface area contributed by atoms with Gasteiger partial charge in [-0.25, -0.2) is 14.2 Å². The second-order valence-corrected chi connectivity index (χ2v) is 5.57. The van der Waals surface area contributed by atoms with Gasteiger partial charge in [0.1, 0.15) is 5.01 Å². The van der Waals surface area contributed by atoms with Gasteiger partial charge in [0.25, 0.3) is 0 Å². The van der Waals surface area contributed by atoms with E-state index in [-0.39, 0.29) is 15.7 Å². The Morgan fingerprint density at radius 3 is 2.89 bits per heavy atom. The Morgan fingerprint density at radius 1 is 1.58 bits per heavy atom. The first-order valence-corrected chi connectivity index (χ1v) is 7.02. The molecule has 0 radical (unpaired) electrons. The van der Waals surface area contributed by atoms with Crippen molar-refractivity contribution in [2.24, 2.45) is 0 Å². The maximum absolute atomic E-state index is 13.9. The Labute approximate surface area is 121 Å². The lowest BCUT2D eigenvalue weighted by Crippen LogP contribution is -2.05. The lowest BCUT2D eigenvalue weighted by atomic mass is 10.2. The van der Waals surface area contributed by atoms with Crippen molar-refractivity contribution < 1.29 is 14.3 Å². The van der Waals surface area contributed by atoms with Crippen LogP contribution in [0.2, 0.25) is 0 Å². The van der Waals surface area contributed by atoms with E-state index in [4.69, 9.17) is 5.11 Å². The number of thiazole rings is 1. The number of rotatable bonds is 4. The summed E-state index contributed by atoms with van der Waals surface area (Å²) >= 11 is 4.44. The summed E-state index contributed by atoms with van der Waals surface area (Å²) in [4.78, 5) is 15.1. The lowest BCUT2D eigenvalue weighted by Gasteiger charge is -2.08. The molecular formula is C12H10BrFN2O2S. The number of carboxylic acid groups (broad SMARTS) is 1. The molecule has 100 valence electrons. The van der Waals surface area contributed by atoms with Crippen LogP contribution < -0.4 is 5.32 Å². The molecule has 0 saturated heterocycles. The largest absolute Gasteiger partial charge is 0.478 e.